The number of rotatable bonds is 5. The van der Waals surface area contributed by atoms with Crippen molar-refractivity contribution < 1.29 is 18.0 Å². The van der Waals surface area contributed by atoms with Crippen molar-refractivity contribution in [2.75, 3.05) is 6.54 Å². The monoisotopic (exact) mass is 386 g/mol. The minimum atomic E-state index is -3.99. The average Bonchev–Trinajstić information content (AvgIpc) is 2.83. The van der Waals surface area contributed by atoms with Crippen LogP contribution in [-0.4, -0.2) is 31.1 Å². The number of carbonyl (C=O) groups excluding carboxylic acids is 2. The van der Waals surface area contributed by atoms with Crippen LogP contribution in [-0.2, 0) is 14.8 Å². The second-order valence-electron chi connectivity index (χ2n) is 6.69. The minimum absolute atomic E-state index is 0.0519. The lowest BCUT2D eigenvalue weighted by Gasteiger charge is -2.21. The van der Waals surface area contributed by atoms with Gasteiger partial charge in [0, 0.05) is 0 Å². The molecule has 0 radical (unpaired) electrons. The largest absolute Gasteiger partial charge is 0.348 e. The Morgan fingerprint density at radius 2 is 1.81 bits per heavy atom. The van der Waals surface area contributed by atoms with Gasteiger partial charge in [-0.2, -0.15) is 0 Å². The van der Waals surface area contributed by atoms with E-state index in [1.54, 1.807) is 12.1 Å². The number of benzene rings is 2. The van der Waals surface area contributed by atoms with E-state index in [2.05, 4.69) is 5.32 Å². The summed E-state index contributed by atoms with van der Waals surface area (Å²) in [6.07, 6.45) is 0.648. The third-order valence-electron chi connectivity index (χ3n) is 4.88. The van der Waals surface area contributed by atoms with Crippen molar-refractivity contribution in [1.29, 1.82) is 0 Å². The van der Waals surface area contributed by atoms with Gasteiger partial charge in [-0.25, -0.2) is 12.7 Å². The maximum absolute atomic E-state index is 12.6. The van der Waals surface area contributed by atoms with Gasteiger partial charge in [-0.15, -0.1) is 0 Å². The lowest BCUT2D eigenvalue weighted by molar-refractivity contribution is -0.121. The molecule has 0 unspecified atom stereocenters. The first-order valence-corrected chi connectivity index (χ1v) is 10.2. The summed E-state index contributed by atoms with van der Waals surface area (Å²) in [5.41, 5.74) is 3.33. The zero-order valence-electron chi connectivity index (χ0n) is 15.5. The van der Waals surface area contributed by atoms with Crippen LogP contribution in [0.2, 0.25) is 0 Å². The van der Waals surface area contributed by atoms with E-state index in [9.17, 15) is 18.0 Å². The van der Waals surface area contributed by atoms with E-state index in [0.29, 0.717) is 10.7 Å². The second kappa shape index (κ2) is 7.15. The summed E-state index contributed by atoms with van der Waals surface area (Å²) >= 11 is 0. The first-order chi connectivity index (χ1) is 12.8. The Balaban J connectivity index is 1.77. The van der Waals surface area contributed by atoms with E-state index in [4.69, 9.17) is 0 Å². The zero-order valence-corrected chi connectivity index (χ0v) is 16.3. The second-order valence-corrected chi connectivity index (χ2v) is 8.52. The predicted octanol–water partition coefficient (Wildman–Crippen LogP) is 2.72. The van der Waals surface area contributed by atoms with E-state index < -0.39 is 28.4 Å². The summed E-state index contributed by atoms with van der Waals surface area (Å²) in [6, 6.07) is 11.7. The summed E-state index contributed by atoms with van der Waals surface area (Å²) in [7, 11) is -3.99. The van der Waals surface area contributed by atoms with Gasteiger partial charge in [0.15, 0.2) is 0 Å². The smallest absolute Gasteiger partial charge is 0.269 e. The van der Waals surface area contributed by atoms with Crippen LogP contribution in [0.3, 0.4) is 0 Å². The highest BCUT2D eigenvalue weighted by atomic mass is 32.2. The maximum Gasteiger partial charge on any atom is 0.269 e. The summed E-state index contributed by atoms with van der Waals surface area (Å²) in [5.74, 6) is -1.18. The van der Waals surface area contributed by atoms with Crippen LogP contribution in [0.25, 0.3) is 0 Å². The van der Waals surface area contributed by atoms with E-state index in [-0.39, 0.29) is 16.5 Å². The predicted molar refractivity (Wildman–Crippen MR) is 102 cm³/mol. The molecule has 1 aliphatic heterocycles. The van der Waals surface area contributed by atoms with Gasteiger partial charge in [0.05, 0.1) is 11.6 Å². The molecular formula is C20H22N2O4S. The fraction of sp³-hybridized carbons (Fsp3) is 0.300. The topological polar surface area (TPSA) is 83.6 Å². The van der Waals surface area contributed by atoms with Crippen LogP contribution in [0.4, 0.5) is 0 Å². The van der Waals surface area contributed by atoms with Gasteiger partial charge < -0.3 is 5.32 Å². The standard InChI is InChI=1S/C20H22N2O4S/c1-4-17(15-10-9-13(2)14(3)11-15)21-19(23)12-22-20(24)16-7-5-6-8-18(16)27(22,25)26/h5-11,17H,4,12H2,1-3H3,(H,21,23)/t17-/m0/s1. The summed E-state index contributed by atoms with van der Waals surface area (Å²) < 4.78 is 25.8. The first kappa shape index (κ1) is 19.1. The zero-order chi connectivity index (χ0) is 19.8. The number of fused-ring (bicyclic) bond motifs is 1. The number of amides is 2. The Morgan fingerprint density at radius 3 is 2.44 bits per heavy atom. The van der Waals surface area contributed by atoms with Crippen molar-refractivity contribution >= 4 is 21.8 Å². The quantitative estimate of drug-likeness (QED) is 0.856. The molecule has 2 aromatic rings. The molecule has 0 aliphatic carbocycles. The third-order valence-corrected chi connectivity index (χ3v) is 6.66. The van der Waals surface area contributed by atoms with E-state index in [1.165, 1.54) is 12.1 Å². The van der Waals surface area contributed by atoms with Crippen molar-refractivity contribution in [3.05, 3.63) is 64.7 Å². The fourth-order valence-corrected chi connectivity index (χ4v) is 4.69. The molecule has 2 aromatic carbocycles. The summed E-state index contributed by atoms with van der Waals surface area (Å²) in [6.45, 7) is 5.42. The van der Waals surface area contributed by atoms with Crippen LogP contribution in [0.5, 0.6) is 0 Å². The van der Waals surface area contributed by atoms with E-state index >= 15 is 0 Å². The fourth-order valence-electron chi connectivity index (χ4n) is 3.16. The third kappa shape index (κ3) is 3.47. The molecule has 1 N–H and O–H groups in total. The Morgan fingerprint density at radius 1 is 1.11 bits per heavy atom. The highest BCUT2D eigenvalue weighted by Crippen LogP contribution is 2.29. The number of sulfonamides is 1. The van der Waals surface area contributed by atoms with Crippen molar-refractivity contribution in [3.8, 4) is 0 Å². The normalized spacial score (nSPS) is 16.1. The molecule has 1 atom stereocenters. The number of nitrogens with zero attached hydrogens (tertiary/aromatic N) is 1. The van der Waals surface area contributed by atoms with E-state index in [1.807, 2.05) is 39.0 Å². The SMILES string of the molecule is CC[C@H](NC(=O)CN1C(=O)c2ccccc2S1(=O)=O)c1ccc(C)c(C)c1. The number of hydrogen-bond donors (Lipinski definition) is 1. The molecule has 2 amide bonds. The van der Waals surface area contributed by atoms with Crippen molar-refractivity contribution in [3.63, 3.8) is 0 Å². The van der Waals surface area contributed by atoms with Gasteiger partial charge in [0.2, 0.25) is 5.91 Å². The molecule has 142 valence electrons. The van der Waals surface area contributed by atoms with Crippen LogP contribution in [0.15, 0.2) is 47.4 Å². The molecule has 0 saturated heterocycles. The average molecular weight is 386 g/mol. The lowest BCUT2D eigenvalue weighted by atomic mass is 9.99. The van der Waals surface area contributed by atoms with Crippen molar-refractivity contribution in [1.82, 2.24) is 9.62 Å². The first-order valence-electron chi connectivity index (χ1n) is 8.78. The molecule has 0 aromatic heterocycles. The molecule has 0 fully saturated rings. The molecule has 27 heavy (non-hydrogen) atoms. The van der Waals surface area contributed by atoms with Gasteiger partial charge in [-0.1, -0.05) is 37.3 Å². The molecule has 0 saturated carbocycles. The highest BCUT2D eigenvalue weighted by molar-refractivity contribution is 7.90. The maximum atomic E-state index is 12.6. The van der Waals surface area contributed by atoms with Gasteiger partial charge in [0.25, 0.3) is 15.9 Å². The van der Waals surface area contributed by atoms with Gasteiger partial charge >= 0.3 is 0 Å². The molecular weight excluding hydrogens is 364 g/mol. The van der Waals surface area contributed by atoms with Crippen molar-refractivity contribution in [2.24, 2.45) is 0 Å². The molecule has 7 heteroatoms. The van der Waals surface area contributed by atoms with Gasteiger partial charge in [-0.3, -0.25) is 9.59 Å². The van der Waals surface area contributed by atoms with Crippen molar-refractivity contribution in [2.45, 2.75) is 38.1 Å². The Bertz CT molecular complexity index is 1010. The number of nitrogens with one attached hydrogen (secondary N) is 1. The Labute approximate surface area is 159 Å². The Hall–Kier alpha value is -2.67. The summed E-state index contributed by atoms with van der Waals surface area (Å²) in [4.78, 5) is 24.9. The number of hydrogen-bond acceptors (Lipinski definition) is 4. The van der Waals surface area contributed by atoms with Gasteiger partial charge in [0.1, 0.15) is 11.4 Å². The van der Waals surface area contributed by atoms with Crippen LogP contribution in [0.1, 0.15) is 46.4 Å². The van der Waals surface area contributed by atoms with E-state index in [0.717, 1.165) is 16.7 Å². The summed E-state index contributed by atoms with van der Waals surface area (Å²) in [5, 5.41) is 2.84. The Kier molecular flexibility index (Phi) is 5.06. The molecule has 3 rings (SSSR count). The van der Waals surface area contributed by atoms with Crippen LogP contribution >= 0.6 is 0 Å². The molecule has 1 aliphatic rings. The molecule has 6 nitrogen and oxygen atoms in total. The minimum Gasteiger partial charge on any atom is -0.348 e. The van der Waals surface area contributed by atoms with Gasteiger partial charge in [-0.05, 0) is 49.1 Å². The molecule has 1 heterocycles. The lowest BCUT2D eigenvalue weighted by Crippen LogP contribution is -2.41. The molecule has 0 bridgehead atoms. The number of aryl methyl sites for hydroxylation is 2. The van der Waals surface area contributed by atoms with Crippen LogP contribution < -0.4 is 5.32 Å². The number of carbonyl (C=O) groups is 2. The van der Waals surface area contributed by atoms with Crippen LogP contribution in [0, 0.1) is 13.8 Å². The molecule has 0 spiro atoms. The highest BCUT2D eigenvalue weighted by Gasteiger charge is 2.41.